The lowest BCUT2D eigenvalue weighted by Gasteiger charge is -2.00. The zero-order valence-electron chi connectivity index (χ0n) is 6.46. The summed E-state index contributed by atoms with van der Waals surface area (Å²) in [6.45, 7) is 2.06. The highest BCUT2D eigenvalue weighted by atomic mass is 35.5. The van der Waals surface area contributed by atoms with Crippen LogP contribution >= 0.6 is 44.8 Å². The summed E-state index contributed by atoms with van der Waals surface area (Å²) >= 11 is 11.1. The van der Waals surface area contributed by atoms with Crippen molar-refractivity contribution >= 4 is 44.8 Å². The molecule has 0 spiro atoms. The molecule has 0 radical (unpaired) electrons. The zero-order valence-corrected chi connectivity index (χ0v) is 9.60. The molecule has 0 saturated carbocycles. The molecule has 0 unspecified atom stereocenters. The lowest BCUT2D eigenvalue weighted by Crippen LogP contribution is -1.73. The Hall–Kier alpha value is 0.500. The Labute approximate surface area is 90.4 Å². The van der Waals surface area contributed by atoms with Gasteiger partial charge in [-0.15, -0.1) is 0 Å². The van der Waals surface area contributed by atoms with E-state index in [1.165, 1.54) is 21.3 Å². The van der Waals surface area contributed by atoms with E-state index >= 15 is 0 Å². The van der Waals surface area contributed by atoms with Crippen LogP contribution in [0, 0.1) is 6.92 Å². The summed E-state index contributed by atoms with van der Waals surface area (Å²) in [5.74, 6) is 0. The highest BCUT2D eigenvalue weighted by molar-refractivity contribution is 8.77. The molecule has 0 aliphatic rings. The number of benzene rings is 1. The van der Waals surface area contributed by atoms with Gasteiger partial charge in [-0.1, -0.05) is 62.5 Å². The quantitative estimate of drug-likeness (QED) is 0.562. The van der Waals surface area contributed by atoms with Gasteiger partial charge in [0.25, 0.3) is 0 Å². The van der Waals surface area contributed by atoms with Crippen LogP contribution in [0.4, 0.5) is 0 Å². The Morgan fingerprint density at radius 2 is 1.75 bits per heavy atom. The summed E-state index contributed by atoms with van der Waals surface area (Å²) in [7, 11) is 3.03. The van der Waals surface area contributed by atoms with Gasteiger partial charge in [-0.05, 0) is 19.1 Å². The third-order valence-electron chi connectivity index (χ3n) is 1.24. The second kappa shape index (κ2) is 5.28. The van der Waals surface area contributed by atoms with Crippen molar-refractivity contribution in [3.8, 4) is 0 Å². The fourth-order valence-corrected chi connectivity index (χ4v) is 2.66. The summed E-state index contributed by atoms with van der Waals surface area (Å²) in [4.78, 5) is 1.18. The highest BCUT2D eigenvalue weighted by Crippen LogP contribution is 2.37. The van der Waals surface area contributed by atoms with Gasteiger partial charge >= 0.3 is 0 Å². The van der Waals surface area contributed by atoms with Crippen molar-refractivity contribution in [2.45, 2.75) is 16.0 Å². The molecule has 0 heterocycles. The minimum Gasteiger partial charge on any atom is -0.0923 e. The van der Waals surface area contributed by atoms with Crippen LogP contribution in [0.3, 0.4) is 0 Å². The van der Waals surface area contributed by atoms with E-state index in [1.54, 1.807) is 10.8 Å². The molecule has 0 aromatic heterocycles. The van der Waals surface area contributed by atoms with Crippen molar-refractivity contribution in [2.75, 3.05) is 0 Å². The van der Waals surface area contributed by atoms with Gasteiger partial charge in [-0.2, -0.15) is 0 Å². The predicted molar refractivity (Wildman–Crippen MR) is 60.1 cm³/mol. The van der Waals surface area contributed by atoms with Crippen molar-refractivity contribution < 1.29 is 0 Å². The van der Waals surface area contributed by atoms with Crippen LogP contribution in [-0.2, 0) is 0 Å². The largest absolute Gasteiger partial charge is 0.163 e. The lowest BCUT2D eigenvalue weighted by atomic mass is 10.2. The van der Waals surface area contributed by atoms with Crippen LogP contribution in [0.5, 0.6) is 0 Å². The van der Waals surface area contributed by atoms with Crippen LogP contribution in [0.25, 0.3) is 0 Å². The third kappa shape index (κ3) is 3.94. The molecule has 1 rings (SSSR count). The smallest absolute Gasteiger partial charge is 0.0923 e. The fraction of sp³-hybridized carbons (Fsp3) is 0.250. The first-order valence-electron chi connectivity index (χ1n) is 3.36. The molecule has 0 bridgehead atoms. The molecule has 0 amide bonds. The summed E-state index contributed by atoms with van der Waals surface area (Å²) < 4.78 is -0.365. The van der Waals surface area contributed by atoms with Crippen molar-refractivity contribution in [1.29, 1.82) is 0 Å². The minimum atomic E-state index is -0.365. The molecule has 12 heavy (non-hydrogen) atoms. The first-order valence-corrected chi connectivity index (χ1v) is 6.45. The Kier molecular flexibility index (Phi) is 4.65. The van der Waals surface area contributed by atoms with Crippen LogP contribution in [0.2, 0.25) is 0 Å². The molecule has 0 nitrogen and oxygen atoms in total. The Morgan fingerprint density at radius 1 is 1.17 bits per heavy atom. The fourth-order valence-electron chi connectivity index (χ4n) is 0.686. The van der Waals surface area contributed by atoms with Crippen LogP contribution < -0.4 is 0 Å². The van der Waals surface area contributed by atoms with Crippen molar-refractivity contribution in [3.63, 3.8) is 0 Å². The normalized spacial score (nSPS) is 10.7. The van der Waals surface area contributed by atoms with E-state index in [0.29, 0.717) is 0 Å². The number of rotatable bonds is 3. The van der Waals surface area contributed by atoms with Gasteiger partial charge in [-0.3, -0.25) is 0 Å². The van der Waals surface area contributed by atoms with Crippen LogP contribution in [-0.4, -0.2) is 4.17 Å². The molecule has 66 valence electrons. The van der Waals surface area contributed by atoms with Gasteiger partial charge in [0.05, 0.1) is 0 Å². The lowest BCUT2D eigenvalue weighted by molar-refractivity contribution is 1.38. The molecule has 0 aliphatic carbocycles. The average Bonchev–Trinajstić information content (AvgIpc) is 2.03. The number of hydrogen-bond acceptors (Lipinski definition) is 2. The standard InChI is InChI=1S/C8H8Cl2S2/c1-6-2-4-7(5-3-6)11-12-8(9)10/h2-5,8H,1H3. The molecule has 0 fully saturated rings. The SMILES string of the molecule is Cc1ccc(SSC(Cl)Cl)cc1. The zero-order chi connectivity index (χ0) is 8.97. The Morgan fingerprint density at radius 3 is 2.25 bits per heavy atom. The first-order chi connectivity index (χ1) is 5.68. The molecular weight excluding hydrogens is 231 g/mol. The Balaban J connectivity index is 2.48. The number of aryl methyl sites for hydroxylation is 1. The molecular formula is C8H8Cl2S2. The molecule has 1 aromatic carbocycles. The monoisotopic (exact) mass is 238 g/mol. The van der Waals surface area contributed by atoms with Gasteiger partial charge < -0.3 is 0 Å². The van der Waals surface area contributed by atoms with Gasteiger partial charge in [-0.25, -0.2) is 0 Å². The molecule has 0 saturated heterocycles. The summed E-state index contributed by atoms with van der Waals surface area (Å²) in [6.07, 6.45) is 0. The maximum absolute atomic E-state index is 5.57. The van der Waals surface area contributed by atoms with Crippen molar-refractivity contribution in [2.24, 2.45) is 0 Å². The summed E-state index contributed by atoms with van der Waals surface area (Å²) in [5.41, 5.74) is 1.26. The van der Waals surface area contributed by atoms with E-state index in [2.05, 4.69) is 31.2 Å². The maximum atomic E-state index is 5.57. The van der Waals surface area contributed by atoms with Gasteiger partial charge in [0.1, 0.15) is 0 Å². The van der Waals surface area contributed by atoms with E-state index in [9.17, 15) is 0 Å². The average molecular weight is 239 g/mol. The minimum absolute atomic E-state index is 0.365. The molecule has 0 atom stereocenters. The van der Waals surface area contributed by atoms with Crippen LogP contribution in [0.15, 0.2) is 29.2 Å². The number of hydrogen-bond donors (Lipinski definition) is 0. The van der Waals surface area contributed by atoms with Gasteiger partial charge in [0, 0.05) is 4.90 Å². The second-order valence-electron chi connectivity index (χ2n) is 2.25. The topological polar surface area (TPSA) is 0 Å². The van der Waals surface area contributed by atoms with Crippen LogP contribution in [0.1, 0.15) is 5.56 Å². The predicted octanol–water partition coefficient (Wildman–Crippen LogP) is 4.50. The maximum Gasteiger partial charge on any atom is 0.163 e. The van der Waals surface area contributed by atoms with E-state index in [-0.39, 0.29) is 4.17 Å². The molecule has 0 N–H and O–H groups in total. The van der Waals surface area contributed by atoms with Gasteiger partial charge in [0.2, 0.25) is 0 Å². The van der Waals surface area contributed by atoms with Crippen molar-refractivity contribution in [3.05, 3.63) is 29.8 Å². The van der Waals surface area contributed by atoms with E-state index in [0.717, 1.165) is 0 Å². The highest BCUT2D eigenvalue weighted by Gasteiger charge is 2.00. The molecule has 1 aromatic rings. The van der Waals surface area contributed by atoms with Crippen molar-refractivity contribution in [1.82, 2.24) is 0 Å². The summed E-state index contributed by atoms with van der Waals surface area (Å²) in [6, 6.07) is 8.26. The third-order valence-corrected chi connectivity index (χ3v) is 4.56. The summed E-state index contributed by atoms with van der Waals surface area (Å²) in [5, 5.41) is 0. The number of halogens is 2. The second-order valence-corrected chi connectivity index (χ2v) is 6.25. The Bertz CT molecular complexity index is 233. The van der Waals surface area contributed by atoms with E-state index in [4.69, 9.17) is 23.2 Å². The van der Waals surface area contributed by atoms with E-state index in [1.807, 2.05) is 0 Å². The van der Waals surface area contributed by atoms with E-state index < -0.39 is 0 Å². The number of alkyl halides is 2. The van der Waals surface area contributed by atoms with Gasteiger partial charge in [0.15, 0.2) is 4.17 Å². The molecule has 0 aliphatic heterocycles. The molecule has 4 heteroatoms. The first kappa shape index (κ1) is 10.6.